The van der Waals surface area contributed by atoms with Crippen LogP contribution in [0.1, 0.15) is 299 Å². The third-order valence-electron chi connectivity index (χ3n) is 15.0. The van der Waals surface area contributed by atoms with E-state index in [9.17, 15) is 43.2 Å². The molecular weight excluding hydrogens is 1090 g/mol. The molecule has 0 aromatic heterocycles. The molecule has 3 N–H and O–H groups in total. The molecule has 486 valence electrons. The van der Waals surface area contributed by atoms with Crippen molar-refractivity contribution < 1.29 is 80.2 Å². The number of esters is 4. The van der Waals surface area contributed by atoms with Gasteiger partial charge in [0.05, 0.1) is 26.4 Å². The summed E-state index contributed by atoms with van der Waals surface area (Å²) >= 11 is 0. The third-order valence-corrected chi connectivity index (χ3v) is 16.9. The summed E-state index contributed by atoms with van der Waals surface area (Å²) in [5, 5.41) is 10.5. The number of unbranched alkanes of at least 4 members (excludes halogenated alkanes) is 24. The lowest BCUT2D eigenvalue weighted by molar-refractivity contribution is -0.161. The van der Waals surface area contributed by atoms with Crippen LogP contribution in [0.25, 0.3) is 0 Å². The van der Waals surface area contributed by atoms with Gasteiger partial charge in [-0.25, -0.2) is 9.13 Å². The number of hydrogen-bond donors (Lipinski definition) is 3. The van der Waals surface area contributed by atoms with Gasteiger partial charge in [0.2, 0.25) is 0 Å². The fraction of sp³-hybridized carbons (Fsp3) is 0.937. The zero-order valence-electron chi connectivity index (χ0n) is 53.1. The van der Waals surface area contributed by atoms with Crippen molar-refractivity contribution in [3.05, 3.63) is 0 Å². The minimum Gasteiger partial charge on any atom is -0.462 e. The lowest BCUT2D eigenvalue weighted by atomic mass is 10.00. The summed E-state index contributed by atoms with van der Waals surface area (Å²) in [6.07, 6.45) is 32.2. The van der Waals surface area contributed by atoms with Gasteiger partial charge in [0.25, 0.3) is 0 Å². The van der Waals surface area contributed by atoms with Crippen molar-refractivity contribution in [1.29, 1.82) is 0 Å². The van der Waals surface area contributed by atoms with Gasteiger partial charge in [-0.05, 0) is 49.4 Å². The van der Waals surface area contributed by atoms with E-state index in [2.05, 4.69) is 55.4 Å². The second-order valence-corrected chi connectivity index (χ2v) is 27.1. The van der Waals surface area contributed by atoms with Crippen molar-refractivity contribution in [2.45, 2.75) is 318 Å². The van der Waals surface area contributed by atoms with Crippen LogP contribution in [0, 0.1) is 23.7 Å². The fourth-order valence-corrected chi connectivity index (χ4v) is 10.8. The van der Waals surface area contributed by atoms with Crippen molar-refractivity contribution in [2.75, 3.05) is 39.6 Å². The Morgan fingerprint density at radius 3 is 0.866 bits per heavy atom. The molecule has 0 rings (SSSR count). The van der Waals surface area contributed by atoms with Crippen LogP contribution in [0.3, 0.4) is 0 Å². The van der Waals surface area contributed by atoms with Crippen LogP contribution in [0.15, 0.2) is 0 Å². The number of hydrogen-bond acceptors (Lipinski definition) is 15. The number of carbonyl (C=O) groups excluding carboxylic acids is 4. The number of phosphoric acid groups is 2. The van der Waals surface area contributed by atoms with Crippen LogP contribution in [-0.4, -0.2) is 96.7 Å². The molecule has 4 unspecified atom stereocenters. The Morgan fingerprint density at radius 2 is 0.585 bits per heavy atom. The molecule has 0 aliphatic heterocycles. The Kier molecular flexibility index (Phi) is 52.0. The standard InChI is InChI=1S/C63H122O17P2/c1-9-55(7)41-33-25-19-21-29-37-45-62(67)79-58(49-73-60(65)43-35-27-17-13-11-15-23-31-39-53(3)4)51-77-81(69,70)75-47-57(64)48-76-82(71,72)78-52-59(80-63(68)46-38-30-22-20-26-34-42-56(8)10-2)50-74-61(66)44-36-28-18-14-12-16-24-32-40-54(5)6/h53-59,64H,9-52H2,1-8H3,(H,69,70)(H,71,72)/t55?,56?,57?,58-,59-/m1/s1. The highest BCUT2D eigenvalue weighted by Crippen LogP contribution is 2.45. The first-order valence-corrected chi connectivity index (χ1v) is 35.8. The van der Waals surface area contributed by atoms with Crippen LogP contribution in [0.5, 0.6) is 0 Å². The smallest absolute Gasteiger partial charge is 0.462 e. The van der Waals surface area contributed by atoms with E-state index in [0.29, 0.717) is 25.7 Å². The van der Waals surface area contributed by atoms with Crippen LogP contribution in [0.2, 0.25) is 0 Å². The number of ether oxygens (including phenoxy) is 4. The Labute approximate surface area is 498 Å². The highest BCUT2D eigenvalue weighted by molar-refractivity contribution is 7.47. The maximum Gasteiger partial charge on any atom is 0.472 e. The number of rotatable bonds is 60. The number of carbonyl (C=O) groups is 4. The summed E-state index contributed by atoms with van der Waals surface area (Å²) < 4.78 is 67.9. The largest absolute Gasteiger partial charge is 0.472 e. The Balaban J connectivity index is 5.26. The molecule has 0 aliphatic carbocycles. The van der Waals surface area contributed by atoms with E-state index < -0.39 is 97.5 Å². The van der Waals surface area contributed by atoms with E-state index in [0.717, 1.165) is 114 Å². The average molecular weight is 1210 g/mol. The molecule has 19 heteroatoms. The van der Waals surface area contributed by atoms with Gasteiger partial charge in [0.1, 0.15) is 19.3 Å². The summed E-state index contributed by atoms with van der Waals surface area (Å²) in [4.78, 5) is 72.1. The fourth-order valence-electron chi connectivity index (χ4n) is 9.19. The molecule has 0 heterocycles. The molecular formula is C63H122O17P2. The van der Waals surface area contributed by atoms with Crippen LogP contribution in [0.4, 0.5) is 0 Å². The van der Waals surface area contributed by atoms with Crippen molar-refractivity contribution in [2.24, 2.45) is 23.7 Å². The van der Waals surface area contributed by atoms with E-state index in [1.807, 2.05) is 0 Å². The summed E-state index contributed by atoms with van der Waals surface area (Å²) in [6.45, 7) is 13.9. The van der Waals surface area contributed by atoms with Gasteiger partial charge >= 0.3 is 39.5 Å². The van der Waals surface area contributed by atoms with E-state index in [-0.39, 0.29) is 25.7 Å². The molecule has 6 atom stereocenters. The van der Waals surface area contributed by atoms with Gasteiger partial charge in [-0.15, -0.1) is 0 Å². The first kappa shape index (κ1) is 80.1. The summed E-state index contributed by atoms with van der Waals surface area (Å²) in [7, 11) is -9.89. The molecule has 0 amide bonds. The van der Waals surface area contributed by atoms with Gasteiger partial charge in [-0.2, -0.15) is 0 Å². The number of aliphatic hydroxyl groups excluding tert-OH is 1. The number of phosphoric ester groups is 2. The van der Waals surface area contributed by atoms with Gasteiger partial charge in [-0.1, -0.05) is 248 Å². The Morgan fingerprint density at radius 1 is 0.341 bits per heavy atom. The Hall–Kier alpha value is -1.94. The van der Waals surface area contributed by atoms with Crippen molar-refractivity contribution in [3.63, 3.8) is 0 Å². The van der Waals surface area contributed by atoms with Crippen LogP contribution < -0.4 is 0 Å². The third kappa shape index (κ3) is 54.7. The lowest BCUT2D eigenvalue weighted by Gasteiger charge is -2.21. The zero-order valence-corrected chi connectivity index (χ0v) is 54.9. The maximum atomic E-state index is 13.0. The molecule has 17 nitrogen and oxygen atoms in total. The topological polar surface area (TPSA) is 237 Å². The zero-order chi connectivity index (χ0) is 61.1. The van der Waals surface area contributed by atoms with Crippen molar-refractivity contribution in [3.8, 4) is 0 Å². The molecule has 0 saturated heterocycles. The van der Waals surface area contributed by atoms with E-state index in [1.54, 1.807) is 0 Å². The van der Waals surface area contributed by atoms with Gasteiger partial charge in [-0.3, -0.25) is 37.3 Å². The van der Waals surface area contributed by atoms with Gasteiger partial charge in [0.15, 0.2) is 12.2 Å². The predicted octanol–water partition coefficient (Wildman–Crippen LogP) is 17.0. The quantitative estimate of drug-likeness (QED) is 0.0222. The number of aliphatic hydroxyl groups is 1. The highest BCUT2D eigenvalue weighted by Gasteiger charge is 2.30. The minimum absolute atomic E-state index is 0.102. The average Bonchev–Trinajstić information content (AvgIpc) is 3.49. The van der Waals surface area contributed by atoms with E-state index in [1.165, 1.54) is 103 Å². The van der Waals surface area contributed by atoms with Crippen molar-refractivity contribution >= 4 is 39.5 Å². The second-order valence-electron chi connectivity index (χ2n) is 24.2. The molecule has 0 fully saturated rings. The van der Waals surface area contributed by atoms with E-state index in [4.69, 9.17) is 37.0 Å². The van der Waals surface area contributed by atoms with E-state index >= 15 is 0 Å². The first-order valence-electron chi connectivity index (χ1n) is 32.8. The molecule has 0 aliphatic rings. The summed E-state index contributed by atoms with van der Waals surface area (Å²) in [5.41, 5.74) is 0. The molecule has 0 bridgehead atoms. The summed E-state index contributed by atoms with van der Waals surface area (Å²) in [6, 6.07) is 0. The predicted molar refractivity (Wildman–Crippen MR) is 326 cm³/mol. The SMILES string of the molecule is CCC(C)CCCCCCCCC(=O)O[C@H](COC(=O)CCCCCCCCCCC(C)C)COP(=O)(O)OCC(O)COP(=O)(O)OC[C@@H](COC(=O)CCCCCCCCCCC(C)C)OC(=O)CCCCCCCCC(C)CC. The molecule has 82 heavy (non-hydrogen) atoms. The molecule has 0 radical (unpaired) electrons. The molecule has 0 aromatic rings. The van der Waals surface area contributed by atoms with Gasteiger partial charge < -0.3 is 33.8 Å². The monoisotopic (exact) mass is 1210 g/mol. The van der Waals surface area contributed by atoms with Crippen LogP contribution >= 0.6 is 15.6 Å². The maximum absolute atomic E-state index is 13.0. The normalized spacial score (nSPS) is 15.1. The molecule has 0 aromatic carbocycles. The van der Waals surface area contributed by atoms with Crippen molar-refractivity contribution in [1.82, 2.24) is 0 Å². The van der Waals surface area contributed by atoms with Gasteiger partial charge in [0, 0.05) is 25.7 Å². The molecule has 0 saturated carbocycles. The first-order chi connectivity index (χ1) is 39.2. The highest BCUT2D eigenvalue weighted by atomic mass is 31.2. The lowest BCUT2D eigenvalue weighted by Crippen LogP contribution is -2.30. The van der Waals surface area contributed by atoms with Crippen LogP contribution in [-0.2, 0) is 65.4 Å². The second kappa shape index (κ2) is 53.3. The molecule has 0 spiro atoms. The Bertz CT molecular complexity index is 1530. The minimum atomic E-state index is -4.94. The summed E-state index contributed by atoms with van der Waals surface area (Å²) in [5.74, 6) is 0.747.